The molecule has 0 atom stereocenters. The number of nitrogens with zero attached hydrogens (tertiary/aromatic N) is 3. The Balaban J connectivity index is 2.10. The van der Waals surface area contributed by atoms with E-state index >= 15 is 0 Å². The van der Waals surface area contributed by atoms with Gasteiger partial charge in [0.15, 0.2) is 5.75 Å². The maximum atomic E-state index is 6.15. The molecule has 0 spiro atoms. The first-order valence-corrected chi connectivity index (χ1v) is 6.43. The predicted molar refractivity (Wildman–Crippen MR) is 73.7 cm³/mol. The van der Waals surface area contributed by atoms with Crippen molar-refractivity contribution in [2.75, 3.05) is 5.32 Å². The second-order valence-corrected chi connectivity index (χ2v) is 4.96. The maximum Gasteiger partial charge on any atom is 0.263 e. The summed E-state index contributed by atoms with van der Waals surface area (Å²) in [5, 5.41) is 17.3. The smallest absolute Gasteiger partial charge is 0.263 e. The van der Waals surface area contributed by atoms with E-state index in [1.54, 1.807) is 12.1 Å². The molecule has 19 heavy (non-hydrogen) atoms. The number of nitrogens with one attached hydrogen (secondary N) is 2. The zero-order chi connectivity index (χ0) is 13.8. The first-order valence-electron chi connectivity index (χ1n) is 5.68. The van der Waals surface area contributed by atoms with Gasteiger partial charge < -0.3 is 10.1 Å². The van der Waals surface area contributed by atoms with Gasteiger partial charge in [0.25, 0.3) is 5.95 Å². The van der Waals surface area contributed by atoms with Gasteiger partial charge in [-0.15, -0.1) is 5.10 Å². The Bertz CT molecular complexity index is 521. The molecule has 0 fully saturated rings. The fourth-order valence-corrected chi connectivity index (χ4v) is 2.10. The number of halogens is 2. The van der Waals surface area contributed by atoms with Crippen LogP contribution < -0.4 is 10.1 Å². The molecule has 0 aliphatic heterocycles. The Kier molecular flexibility index (Phi) is 4.44. The molecule has 0 unspecified atom stereocenters. The SMILES string of the molecule is CC(C)Oc1c(Cl)cc(CNc2nn[nH]n2)cc1Cl. The zero-order valence-electron chi connectivity index (χ0n) is 10.4. The summed E-state index contributed by atoms with van der Waals surface area (Å²) in [6.07, 6.45) is 0.0123. The summed E-state index contributed by atoms with van der Waals surface area (Å²) >= 11 is 12.3. The topological polar surface area (TPSA) is 75.7 Å². The number of ether oxygens (including phenoxy) is 1. The summed E-state index contributed by atoms with van der Waals surface area (Å²) in [5.41, 5.74) is 0.899. The number of hydrogen-bond donors (Lipinski definition) is 2. The summed E-state index contributed by atoms with van der Waals surface area (Å²) < 4.78 is 5.56. The lowest BCUT2D eigenvalue weighted by Gasteiger charge is -2.14. The Morgan fingerprint density at radius 1 is 1.32 bits per heavy atom. The average molecular weight is 302 g/mol. The second kappa shape index (κ2) is 6.08. The van der Waals surface area contributed by atoms with Crippen molar-refractivity contribution in [3.8, 4) is 5.75 Å². The van der Waals surface area contributed by atoms with Crippen LogP contribution in [0.25, 0.3) is 0 Å². The standard InChI is InChI=1S/C11H13Cl2N5O/c1-6(2)19-10-8(12)3-7(4-9(10)13)5-14-11-15-17-18-16-11/h3-4,6H,5H2,1-2H3,(H2,14,15,16,17,18). The van der Waals surface area contributed by atoms with Crippen LogP contribution in [0.3, 0.4) is 0 Å². The third-order valence-electron chi connectivity index (χ3n) is 2.21. The summed E-state index contributed by atoms with van der Waals surface area (Å²) in [6.45, 7) is 4.32. The molecule has 0 saturated heterocycles. The van der Waals surface area contributed by atoms with Crippen LogP contribution in [0, 0.1) is 0 Å². The lowest BCUT2D eigenvalue weighted by Crippen LogP contribution is -2.07. The maximum absolute atomic E-state index is 6.15. The molecule has 2 N–H and O–H groups in total. The molecule has 102 valence electrons. The minimum Gasteiger partial charge on any atom is -0.488 e. The summed E-state index contributed by atoms with van der Waals surface area (Å²) in [6, 6.07) is 3.58. The molecule has 0 bridgehead atoms. The van der Waals surface area contributed by atoms with Crippen molar-refractivity contribution < 1.29 is 4.74 Å². The van der Waals surface area contributed by atoms with Gasteiger partial charge in [0, 0.05) is 6.54 Å². The number of aromatic amines is 1. The van der Waals surface area contributed by atoms with Gasteiger partial charge >= 0.3 is 0 Å². The van der Waals surface area contributed by atoms with Crippen LogP contribution in [0.15, 0.2) is 12.1 Å². The molecule has 6 nitrogen and oxygen atoms in total. The van der Waals surface area contributed by atoms with Crippen molar-refractivity contribution in [1.29, 1.82) is 0 Å². The van der Waals surface area contributed by atoms with Gasteiger partial charge in [-0.2, -0.15) is 5.21 Å². The van der Waals surface area contributed by atoms with E-state index in [0.717, 1.165) is 5.56 Å². The molecule has 2 rings (SSSR count). The molecule has 0 aliphatic carbocycles. The first kappa shape index (κ1) is 13.9. The normalized spacial score (nSPS) is 10.8. The van der Waals surface area contributed by atoms with Crippen LogP contribution in [0.2, 0.25) is 10.0 Å². The zero-order valence-corrected chi connectivity index (χ0v) is 12.0. The highest BCUT2D eigenvalue weighted by Crippen LogP contribution is 2.35. The van der Waals surface area contributed by atoms with Crippen LogP contribution in [0.1, 0.15) is 19.4 Å². The van der Waals surface area contributed by atoms with Gasteiger partial charge in [-0.1, -0.05) is 28.3 Å². The predicted octanol–water partition coefficient (Wildman–Crippen LogP) is 2.91. The molecule has 8 heteroatoms. The van der Waals surface area contributed by atoms with Crippen molar-refractivity contribution >= 4 is 29.2 Å². The number of H-pyrrole nitrogens is 1. The highest BCUT2D eigenvalue weighted by atomic mass is 35.5. The number of hydrogen-bond acceptors (Lipinski definition) is 5. The van der Waals surface area contributed by atoms with Crippen molar-refractivity contribution in [3.63, 3.8) is 0 Å². The molecule has 0 aliphatic rings. The monoisotopic (exact) mass is 301 g/mol. The van der Waals surface area contributed by atoms with Crippen molar-refractivity contribution in [3.05, 3.63) is 27.7 Å². The van der Waals surface area contributed by atoms with Gasteiger partial charge in [0.05, 0.1) is 16.1 Å². The Labute approximate surface area is 120 Å². The average Bonchev–Trinajstić information content (AvgIpc) is 2.84. The fraction of sp³-hybridized carbons (Fsp3) is 0.364. The highest BCUT2D eigenvalue weighted by molar-refractivity contribution is 6.37. The van der Waals surface area contributed by atoms with E-state index in [4.69, 9.17) is 27.9 Å². The molecular formula is C11H13Cl2N5O. The Hall–Kier alpha value is -1.53. The third kappa shape index (κ3) is 3.71. The fourth-order valence-electron chi connectivity index (χ4n) is 1.48. The van der Waals surface area contributed by atoms with E-state index in [1.807, 2.05) is 13.8 Å². The second-order valence-electron chi connectivity index (χ2n) is 4.14. The number of anilines is 1. The number of tetrazole rings is 1. The number of benzene rings is 1. The van der Waals surface area contributed by atoms with Gasteiger partial charge in [0.2, 0.25) is 0 Å². The quantitative estimate of drug-likeness (QED) is 0.888. The van der Waals surface area contributed by atoms with Gasteiger partial charge in [-0.05, 0) is 36.8 Å². The van der Waals surface area contributed by atoms with Gasteiger partial charge in [-0.25, -0.2) is 0 Å². The van der Waals surface area contributed by atoms with Crippen LogP contribution in [-0.4, -0.2) is 26.7 Å². The van der Waals surface area contributed by atoms with Crippen LogP contribution in [0.4, 0.5) is 5.95 Å². The van der Waals surface area contributed by atoms with Gasteiger partial charge in [0.1, 0.15) is 0 Å². The summed E-state index contributed by atoms with van der Waals surface area (Å²) in [4.78, 5) is 0. The van der Waals surface area contributed by atoms with E-state index in [1.165, 1.54) is 0 Å². The van der Waals surface area contributed by atoms with Crippen molar-refractivity contribution in [2.45, 2.75) is 26.5 Å². The third-order valence-corrected chi connectivity index (χ3v) is 2.77. The lowest BCUT2D eigenvalue weighted by molar-refractivity contribution is 0.242. The molecule has 1 heterocycles. The van der Waals surface area contributed by atoms with E-state index in [0.29, 0.717) is 28.3 Å². The van der Waals surface area contributed by atoms with Crippen LogP contribution in [0.5, 0.6) is 5.75 Å². The molecule has 1 aromatic heterocycles. The Morgan fingerprint density at radius 2 is 2.00 bits per heavy atom. The van der Waals surface area contributed by atoms with Crippen LogP contribution >= 0.6 is 23.2 Å². The van der Waals surface area contributed by atoms with Crippen molar-refractivity contribution in [2.24, 2.45) is 0 Å². The molecule has 0 radical (unpaired) electrons. The van der Waals surface area contributed by atoms with Crippen LogP contribution in [-0.2, 0) is 6.54 Å². The van der Waals surface area contributed by atoms with E-state index in [2.05, 4.69) is 25.9 Å². The summed E-state index contributed by atoms with van der Waals surface area (Å²) in [5.74, 6) is 0.913. The van der Waals surface area contributed by atoms with E-state index in [-0.39, 0.29) is 6.10 Å². The minimum atomic E-state index is 0.0123. The van der Waals surface area contributed by atoms with Gasteiger partial charge in [-0.3, -0.25) is 0 Å². The number of rotatable bonds is 5. The molecule has 1 aromatic carbocycles. The van der Waals surface area contributed by atoms with E-state index < -0.39 is 0 Å². The molecule has 0 saturated carbocycles. The largest absolute Gasteiger partial charge is 0.488 e. The molecule has 0 amide bonds. The molecule has 2 aromatic rings. The summed E-state index contributed by atoms with van der Waals surface area (Å²) in [7, 11) is 0. The molecular weight excluding hydrogens is 289 g/mol. The first-order chi connectivity index (χ1) is 9.06. The Morgan fingerprint density at radius 3 is 2.53 bits per heavy atom. The van der Waals surface area contributed by atoms with E-state index in [9.17, 15) is 0 Å². The highest BCUT2D eigenvalue weighted by Gasteiger charge is 2.11. The number of aromatic nitrogens is 4. The van der Waals surface area contributed by atoms with Crippen molar-refractivity contribution in [1.82, 2.24) is 20.6 Å². The minimum absolute atomic E-state index is 0.0123. The lowest BCUT2D eigenvalue weighted by atomic mass is 10.2.